The number of anilines is 1. The van der Waals surface area contributed by atoms with Gasteiger partial charge in [0.2, 0.25) is 0 Å². The Labute approximate surface area is 164 Å². The molecule has 7 heteroatoms. The minimum atomic E-state index is -0.569. The van der Waals surface area contributed by atoms with Gasteiger partial charge in [-0.15, -0.1) is 0 Å². The van der Waals surface area contributed by atoms with Crippen LogP contribution in [0.3, 0.4) is 0 Å². The van der Waals surface area contributed by atoms with Crippen molar-refractivity contribution in [2.24, 2.45) is 0 Å². The first-order chi connectivity index (χ1) is 13.6. The second kappa shape index (κ2) is 10.9. The van der Waals surface area contributed by atoms with Gasteiger partial charge in [0.25, 0.3) is 5.91 Å². The third-order valence-corrected chi connectivity index (χ3v) is 3.66. The Kier molecular flexibility index (Phi) is 8.30. The van der Waals surface area contributed by atoms with Crippen molar-refractivity contribution in [3.05, 3.63) is 53.6 Å². The number of hydrogen-bond donors (Lipinski definition) is 1. The highest BCUT2D eigenvalue weighted by Gasteiger charge is 2.12. The molecule has 0 bridgehead atoms. The first-order valence-corrected chi connectivity index (χ1v) is 9.01. The van der Waals surface area contributed by atoms with Gasteiger partial charge in [-0.3, -0.25) is 4.79 Å². The van der Waals surface area contributed by atoms with E-state index in [0.29, 0.717) is 42.6 Å². The van der Waals surface area contributed by atoms with Gasteiger partial charge >= 0.3 is 5.97 Å². The second-order valence-electron chi connectivity index (χ2n) is 5.78. The number of hydrogen-bond acceptors (Lipinski definition) is 6. The third kappa shape index (κ3) is 6.28. The number of benzene rings is 2. The maximum absolute atomic E-state index is 12.1. The minimum absolute atomic E-state index is 0.368. The van der Waals surface area contributed by atoms with E-state index in [1.165, 1.54) is 0 Å². The van der Waals surface area contributed by atoms with E-state index >= 15 is 0 Å². The Morgan fingerprint density at radius 3 is 2.25 bits per heavy atom. The summed E-state index contributed by atoms with van der Waals surface area (Å²) in [6, 6.07) is 11.9. The van der Waals surface area contributed by atoms with Crippen LogP contribution < -0.4 is 14.8 Å². The van der Waals surface area contributed by atoms with Crippen molar-refractivity contribution in [2.75, 3.05) is 32.2 Å². The fourth-order valence-corrected chi connectivity index (χ4v) is 2.44. The highest BCUT2D eigenvalue weighted by molar-refractivity contribution is 5.95. The van der Waals surface area contributed by atoms with Crippen LogP contribution in [0.4, 0.5) is 5.69 Å². The van der Waals surface area contributed by atoms with Gasteiger partial charge in [0.1, 0.15) is 0 Å². The predicted octanol–water partition coefficient (Wildman–Crippen LogP) is 3.43. The van der Waals surface area contributed by atoms with E-state index in [-0.39, 0.29) is 0 Å². The molecule has 0 unspecified atom stereocenters. The predicted molar refractivity (Wildman–Crippen MR) is 105 cm³/mol. The number of esters is 1. The van der Waals surface area contributed by atoms with Gasteiger partial charge in [-0.25, -0.2) is 4.79 Å². The highest BCUT2D eigenvalue weighted by atomic mass is 16.5. The number of carbonyl (C=O) groups excluding carboxylic acids is 2. The topological polar surface area (TPSA) is 83.1 Å². The van der Waals surface area contributed by atoms with E-state index in [2.05, 4.69) is 5.32 Å². The molecular formula is C21H25NO6. The van der Waals surface area contributed by atoms with Crippen molar-refractivity contribution in [2.45, 2.75) is 20.5 Å². The van der Waals surface area contributed by atoms with Crippen molar-refractivity contribution in [3.63, 3.8) is 0 Å². The Morgan fingerprint density at radius 1 is 0.929 bits per heavy atom. The lowest BCUT2D eigenvalue weighted by Crippen LogP contribution is -2.21. The van der Waals surface area contributed by atoms with E-state index in [1.807, 2.05) is 13.8 Å². The first kappa shape index (κ1) is 21.2. The van der Waals surface area contributed by atoms with Crippen LogP contribution in [-0.4, -0.2) is 38.8 Å². The summed E-state index contributed by atoms with van der Waals surface area (Å²) in [5.41, 5.74) is 1.83. The van der Waals surface area contributed by atoms with Crippen LogP contribution in [0, 0.1) is 0 Å². The fraction of sp³-hybridized carbons (Fsp3) is 0.333. The number of carbonyl (C=O) groups is 2. The van der Waals surface area contributed by atoms with Gasteiger partial charge < -0.3 is 24.3 Å². The van der Waals surface area contributed by atoms with Gasteiger partial charge in [-0.1, -0.05) is 12.1 Å². The van der Waals surface area contributed by atoms with Gasteiger partial charge in [0, 0.05) is 18.9 Å². The molecule has 150 valence electrons. The number of nitrogens with one attached hydrogen (secondary N) is 1. The van der Waals surface area contributed by atoms with Crippen molar-refractivity contribution < 1.29 is 28.5 Å². The van der Waals surface area contributed by atoms with E-state index in [4.69, 9.17) is 18.9 Å². The molecule has 0 radical (unpaired) electrons. The van der Waals surface area contributed by atoms with Crippen LogP contribution in [0.25, 0.3) is 0 Å². The molecule has 0 aromatic heterocycles. The lowest BCUT2D eigenvalue weighted by atomic mass is 10.1. The molecule has 0 fully saturated rings. The molecule has 1 amide bonds. The zero-order valence-corrected chi connectivity index (χ0v) is 16.3. The van der Waals surface area contributed by atoms with Crippen LogP contribution in [0.1, 0.15) is 29.8 Å². The summed E-state index contributed by atoms with van der Waals surface area (Å²) in [6.07, 6.45) is 0. The number of amides is 1. The maximum Gasteiger partial charge on any atom is 0.338 e. The molecule has 0 saturated carbocycles. The molecule has 1 N–H and O–H groups in total. The summed E-state index contributed by atoms with van der Waals surface area (Å²) in [6.45, 7) is 4.79. The minimum Gasteiger partial charge on any atom is -0.490 e. The third-order valence-electron chi connectivity index (χ3n) is 3.66. The monoisotopic (exact) mass is 387 g/mol. The highest BCUT2D eigenvalue weighted by Crippen LogP contribution is 2.30. The second-order valence-corrected chi connectivity index (χ2v) is 5.78. The maximum atomic E-state index is 12.1. The van der Waals surface area contributed by atoms with Gasteiger partial charge in [-0.05, 0) is 43.7 Å². The normalized spacial score (nSPS) is 10.2. The average Bonchev–Trinajstić information content (AvgIpc) is 2.69. The molecule has 0 aliphatic carbocycles. The Bertz CT molecular complexity index is 788. The lowest BCUT2D eigenvalue weighted by Gasteiger charge is -2.13. The summed E-state index contributed by atoms with van der Waals surface area (Å²) in [5, 5.41) is 2.67. The molecule has 28 heavy (non-hydrogen) atoms. The van der Waals surface area contributed by atoms with Crippen LogP contribution >= 0.6 is 0 Å². The van der Waals surface area contributed by atoms with Crippen molar-refractivity contribution in [3.8, 4) is 11.5 Å². The van der Waals surface area contributed by atoms with Crippen LogP contribution in [0.2, 0.25) is 0 Å². The largest absolute Gasteiger partial charge is 0.490 e. The average molecular weight is 387 g/mol. The molecule has 0 atom stereocenters. The van der Waals surface area contributed by atoms with Crippen molar-refractivity contribution in [1.29, 1.82) is 0 Å². The van der Waals surface area contributed by atoms with Gasteiger partial charge in [0.15, 0.2) is 18.1 Å². The zero-order chi connectivity index (χ0) is 20.4. The molecule has 0 saturated heterocycles. The zero-order valence-electron chi connectivity index (χ0n) is 16.3. The standard InChI is InChI=1S/C21H25NO6/c1-4-26-18-11-10-17(12-19(18)27-5-2)22-20(23)14-28-21(24)16-8-6-15(7-9-16)13-25-3/h6-12H,4-5,13-14H2,1-3H3,(H,22,23). The summed E-state index contributed by atoms with van der Waals surface area (Å²) in [7, 11) is 1.60. The molecule has 2 rings (SSSR count). The lowest BCUT2D eigenvalue weighted by molar-refractivity contribution is -0.119. The van der Waals surface area contributed by atoms with Crippen LogP contribution in [0.5, 0.6) is 11.5 Å². The Morgan fingerprint density at radius 2 is 1.61 bits per heavy atom. The summed E-state index contributed by atoms with van der Waals surface area (Å²) >= 11 is 0. The van der Waals surface area contributed by atoms with Crippen molar-refractivity contribution >= 4 is 17.6 Å². The molecule has 0 aliphatic rings. The van der Waals surface area contributed by atoms with E-state index < -0.39 is 18.5 Å². The van der Waals surface area contributed by atoms with Gasteiger partial charge in [-0.2, -0.15) is 0 Å². The first-order valence-electron chi connectivity index (χ1n) is 9.01. The summed E-state index contributed by atoms with van der Waals surface area (Å²) < 4.78 is 21.1. The fourth-order valence-electron chi connectivity index (χ4n) is 2.44. The molecule has 0 spiro atoms. The number of ether oxygens (including phenoxy) is 4. The van der Waals surface area contributed by atoms with Crippen LogP contribution in [0.15, 0.2) is 42.5 Å². The summed E-state index contributed by atoms with van der Waals surface area (Å²) in [4.78, 5) is 24.1. The van der Waals surface area contributed by atoms with Gasteiger partial charge in [0.05, 0.1) is 25.4 Å². The molecule has 0 aliphatic heterocycles. The molecule has 0 heterocycles. The van der Waals surface area contributed by atoms with E-state index in [9.17, 15) is 9.59 Å². The smallest absolute Gasteiger partial charge is 0.338 e. The molecule has 7 nitrogen and oxygen atoms in total. The Balaban J connectivity index is 1.91. The van der Waals surface area contributed by atoms with E-state index in [0.717, 1.165) is 5.56 Å². The Hall–Kier alpha value is -3.06. The van der Waals surface area contributed by atoms with Crippen LogP contribution in [-0.2, 0) is 20.9 Å². The van der Waals surface area contributed by atoms with Crippen molar-refractivity contribution in [1.82, 2.24) is 0 Å². The SMILES string of the molecule is CCOc1ccc(NC(=O)COC(=O)c2ccc(COC)cc2)cc1OCC. The summed E-state index contributed by atoms with van der Waals surface area (Å²) in [5.74, 6) is 0.123. The number of methoxy groups -OCH3 is 1. The molecular weight excluding hydrogens is 362 g/mol. The quantitative estimate of drug-likeness (QED) is 0.629. The number of rotatable bonds is 10. The molecule has 2 aromatic rings. The molecule has 2 aromatic carbocycles. The van der Waals surface area contributed by atoms with E-state index in [1.54, 1.807) is 49.6 Å².